The van der Waals surface area contributed by atoms with Crippen molar-refractivity contribution in [2.45, 2.75) is 19.3 Å². The number of hydrogen-bond acceptors (Lipinski definition) is 7. The molecule has 0 bridgehead atoms. The monoisotopic (exact) mass is 470 g/mol. The Balaban J connectivity index is 1.50. The first kappa shape index (κ1) is 25.4. The van der Waals surface area contributed by atoms with Crippen molar-refractivity contribution < 1.29 is 28.5 Å². The van der Waals surface area contributed by atoms with E-state index in [0.717, 1.165) is 5.56 Å². The molecular weight excluding hydrogens is 436 g/mol. The summed E-state index contributed by atoms with van der Waals surface area (Å²) >= 11 is 0. The van der Waals surface area contributed by atoms with Gasteiger partial charge in [0.2, 0.25) is 5.75 Å². The largest absolute Gasteiger partial charge is 0.493 e. The minimum Gasteiger partial charge on any atom is -0.493 e. The molecule has 1 fully saturated rings. The summed E-state index contributed by atoms with van der Waals surface area (Å²) in [6.07, 6.45) is 0.699. The summed E-state index contributed by atoms with van der Waals surface area (Å²) in [4.78, 5) is 29.6. The quantitative estimate of drug-likeness (QED) is 0.494. The average molecular weight is 471 g/mol. The van der Waals surface area contributed by atoms with Crippen LogP contribution in [0.15, 0.2) is 42.5 Å². The van der Waals surface area contributed by atoms with Gasteiger partial charge in [0.25, 0.3) is 5.91 Å². The van der Waals surface area contributed by atoms with Crippen LogP contribution in [0.2, 0.25) is 0 Å². The third-order valence-corrected chi connectivity index (χ3v) is 6.12. The van der Waals surface area contributed by atoms with Crippen molar-refractivity contribution in [2.24, 2.45) is 0 Å². The van der Waals surface area contributed by atoms with Gasteiger partial charge in [0.05, 0.1) is 27.2 Å². The van der Waals surface area contributed by atoms with Crippen LogP contribution in [0.1, 0.15) is 35.2 Å². The summed E-state index contributed by atoms with van der Waals surface area (Å²) in [5, 5.41) is 0. The molecule has 1 amide bonds. The molecule has 1 atom stereocenters. The molecule has 3 rings (SSSR count). The number of carbonyl (C=O) groups excluding carboxylic acids is 2. The Morgan fingerprint density at radius 2 is 1.53 bits per heavy atom. The maximum atomic E-state index is 13.1. The fourth-order valence-electron chi connectivity index (χ4n) is 4.16. The highest BCUT2D eigenvalue weighted by Crippen LogP contribution is 2.38. The van der Waals surface area contributed by atoms with Crippen molar-refractivity contribution in [1.29, 1.82) is 0 Å². The summed E-state index contributed by atoms with van der Waals surface area (Å²) in [6.45, 7) is 5.57. The molecule has 0 saturated carbocycles. The Morgan fingerprint density at radius 3 is 2.06 bits per heavy atom. The molecule has 1 unspecified atom stereocenters. The van der Waals surface area contributed by atoms with Gasteiger partial charge in [-0.3, -0.25) is 14.5 Å². The fourth-order valence-corrected chi connectivity index (χ4v) is 4.16. The van der Waals surface area contributed by atoms with Gasteiger partial charge >= 0.3 is 5.97 Å². The zero-order valence-electron chi connectivity index (χ0n) is 20.4. The summed E-state index contributed by atoms with van der Waals surface area (Å²) in [5.41, 5.74) is 1.47. The molecule has 1 aliphatic rings. The van der Waals surface area contributed by atoms with Crippen molar-refractivity contribution >= 4 is 11.9 Å². The molecular formula is C26H34N2O6. The molecule has 0 radical (unpaired) electrons. The third-order valence-electron chi connectivity index (χ3n) is 6.12. The van der Waals surface area contributed by atoms with Gasteiger partial charge in [-0.2, -0.15) is 0 Å². The Hall–Kier alpha value is -3.26. The van der Waals surface area contributed by atoms with Crippen LogP contribution in [-0.4, -0.2) is 82.3 Å². The minimum absolute atomic E-state index is 0.0843. The first-order valence-electron chi connectivity index (χ1n) is 11.6. The number of hydrogen-bond donors (Lipinski definition) is 0. The van der Waals surface area contributed by atoms with Crippen molar-refractivity contribution in [3.8, 4) is 17.2 Å². The van der Waals surface area contributed by atoms with Crippen LogP contribution in [0.25, 0.3) is 0 Å². The van der Waals surface area contributed by atoms with Crippen LogP contribution in [0.3, 0.4) is 0 Å². The SMILES string of the molecule is CCC(C(=O)OCCN1CCN(C(=O)c2cc(OC)c(OC)c(OC)c2)CC1)c1ccccc1. The molecule has 34 heavy (non-hydrogen) atoms. The standard InChI is InChI=1S/C26H34N2O6/c1-5-21(19-9-7-6-8-10-19)26(30)34-16-15-27-11-13-28(14-12-27)25(29)20-17-22(31-2)24(33-4)23(18-20)32-3/h6-10,17-18,21H,5,11-16H2,1-4H3. The molecule has 1 aliphatic heterocycles. The lowest BCUT2D eigenvalue weighted by Crippen LogP contribution is -2.49. The van der Waals surface area contributed by atoms with Gasteiger partial charge in [-0.05, 0) is 24.1 Å². The summed E-state index contributed by atoms with van der Waals surface area (Å²) in [5.74, 6) is 0.842. The Morgan fingerprint density at radius 1 is 0.912 bits per heavy atom. The zero-order chi connectivity index (χ0) is 24.5. The summed E-state index contributed by atoms with van der Waals surface area (Å²) < 4.78 is 21.6. The van der Waals surface area contributed by atoms with Gasteiger partial charge in [-0.1, -0.05) is 37.3 Å². The number of piperazine rings is 1. The van der Waals surface area contributed by atoms with Crippen LogP contribution in [0.5, 0.6) is 17.2 Å². The molecule has 8 heteroatoms. The molecule has 0 aromatic heterocycles. The van der Waals surface area contributed by atoms with Crippen molar-refractivity contribution in [3.05, 3.63) is 53.6 Å². The second kappa shape index (κ2) is 12.3. The average Bonchev–Trinajstić information content (AvgIpc) is 2.88. The lowest BCUT2D eigenvalue weighted by atomic mass is 9.97. The van der Waals surface area contributed by atoms with Gasteiger partial charge in [-0.15, -0.1) is 0 Å². The highest BCUT2D eigenvalue weighted by atomic mass is 16.5. The van der Waals surface area contributed by atoms with E-state index in [-0.39, 0.29) is 17.8 Å². The molecule has 0 aliphatic carbocycles. The van der Waals surface area contributed by atoms with Crippen molar-refractivity contribution in [1.82, 2.24) is 9.80 Å². The number of carbonyl (C=O) groups is 2. The number of ether oxygens (including phenoxy) is 4. The van der Waals surface area contributed by atoms with E-state index in [1.807, 2.05) is 42.2 Å². The first-order chi connectivity index (χ1) is 16.5. The van der Waals surface area contributed by atoms with Gasteiger partial charge in [-0.25, -0.2) is 0 Å². The van der Waals surface area contributed by atoms with E-state index in [4.69, 9.17) is 18.9 Å². The number of nitrogens with zero attached hydrogens (tertiary/aromatic N) is 2. The highest BCUT2D eigenvalue weighted by Gasteiger charge is 2.25. The van der Waals surface area contributed by atoms with E-state index in [1.54, 1.807) is 12.1 Å². The molecule has 2 aromatic rings. The van der Waals surface area contributed by atoms with Gasteiger partial charge in [0.15, 0.2) is 11.5 Å². The number of benzene rings is 2. The van der Waals surface area contributed by atoms with Gasteiger partial charge in [0.1, 0.15) is 6.61 Å². The van der Waals surface area contributed by atoms with E-state index in [9.17, 15) is 9.59 Å². The Labute approximate surface area is 201 Å². The molecule has 2 aromatic carbocycles. The predicted molar refractivity (Wildman–Crippen MR) is 129 cm³/mol. The maximum absolute atomic E-state index is 13.1. The normalized spacial score (nSPS) is 14.9. The van der Waals surface area contributed by atoms with Crippen molar-refractivity contribution in [2.75, 3.05) is 60.7 Å². The van der Waals surface area contributed by atoms with E-state index < -0.39 is 0 Å². The predicted octanol–water partition coefficient (Wildman–Crippen LogP) is 3.21. The molecule has 184 valence electrons. The van der Waals surface area contributed by atoms with Crippen LogP contribution in [-0.2, 0) is 9.53 Å². The first-order valence-corrected chi connectivity index (χ1v) is 11.6. The lowest BCUT2D eigenvalue weighted by Gasteiger charge is -2.34. The van der Waals surface area contributed by atoms with E-state index in [2.05, 4.69) is 4.90 Å². The Bertz CT molecular complexity index is 932. The summed E-state index contributed by atoms with van der Waals surface area (Å²) in [6, 6.07) is 13.1. The van der Waals surface area contributed by atoms with E-state index in [0.29, 0.717) is 68.6 Å². The minimum atomic E-state index is -0.242. The molecule has 8 nitrogen and oxygen atoms in total. The number of esters is 1. The van der Waals surface area contributed by atoms with Crippen LogP contribution in [0.4, 0.5) is 0 Å². The molecule has 0 spiro atoms. The molecule has 0 N–H and O–H groups in total. The van der Waals surface area contributed by atoms with E-state index >= 15 is 0 Å². The van der Waals surface area contributed by atoms with Crippen LogP contribution in [0, 0.1) is 0 Å². The molecule has 1 saturated heterocycles. The van der Waals surface area contributed by atoms with Crippen LogP contribution >= 0.6 is 0 Å². The number of amides is 1. The topological polar surface area (TPSA) is 77.5 Å². The maximum Gasteiger partial charge on any atom is 0.313 e. The number of methoxy groups -OCH3 is 3. The van der Waals surface area contributed by atoms with Gasteiger partial charge < -0.3 is 23.8 Å². The van der Waals surface area contributed by atoms with Crippen LogP contribution < -0.4 is 14.2 Å². The smallest absolute Gasteiger partial charge is 0.313 e. The second-order valence-electron chi connectivity index (χ2n) is 8.09. The second-order valence-corrected chi connectivity index (χ2v) is 8.09. The fraction of sp³-hybridized carbons (Fsp3) is 0.462. The van der Waals surface area contributed by atoms with Crippen molar-refractivity contribution in [3.63, 3.8) is 0 Å². The van der Waals surface area contributed by atoms with Gasteiger partial charge in [0, 0.05) is 38.3 Å². The lowest BCUT2D eigenvalue weighted by molar-refractivity contribution is -0.146. The summed E-state index contributed by atoms with van der Waals surface area (Å²) in [7, 11) is 4.59. The zero-order valence-corrected chi connectivity index (χ0v) is 20.4. The highest BCUT2D eigenvalue weighted by molar-refractivity contribution is 5.95. The number of rotatable bonds is 10. The van der Waals surface area contributed by atoms with E-state index in [1.165, 1.54) is 21.3 Å². The third kappa shape index (κ3) is 5.99. The Kier molecular flexibility index (Phi) is 9.16. The molecule has 1 heterocycles.